The zero-order chi connectivity index (χ0) is 14.7. The predicted molar refractivity (Wildman–Crippen MR) is 79.5 cm³/mol. The minimum Gasteiger partial charge on any atom is -0.494 e. The molecule has 3 heteroatoms. The van der Waals surface area contributed by atoms with Gasteiger partial charge in [0.05, 0.1) is 12.6 Å². The quantitative estimate of drug-likeness (QED) is 0.917. The molecule has 20 heavy (non-hydrogen) atoms. The van der Waals surface area contributed by atoms with Crippen LogP contribution in [0.3, 0.4) is 0 Å². The molecule has 2 N–H and O–H groups in total. The largest absolute Gasteiger partial charge is 0.494 e. The summed E-state index contributed by atoms with van der Waals surface area (Å²) < 4.78 is 19.5. The summed E-state index contributed by atoms with van der Waals surface area (Å²) in [4.78, 5) is 0. The average Bonchev–Trinajstić information content (AvgIpc) is 2.38. The van der Waals surface area contributed by atoms with Crippen LogP contribution in [0.5, 0.6) is 5.75 Å². The first-order valence-electron chi connectivity index (χ1n) is 6.78. The number of benzene rings is 2. The highest BCUT2D eigenvalue weighted by Gasteiger charge is 2.16. The monoisotopic (exact) mass is 273 g/mol. The molecule has 2 rings (SSSR count). The molecule has 0 saturated carbocycles. The van der Waals surface area contributed by atoms with E-state index in [1.165, 1.54) is 6.07 Å². The standard InChI is InChI=1S/C17H20FNO/c1-4-20-14-7-5-13(6-8-14)17(19)16-12(3)9-11(2)10-15(16)18/h5-10,17H,4,19H2,1-3H3. The molecule has 0 aromatic heterocycles. The zero-order valence-electron chi connectivity index (χ0n) is 12.1. The average molecular weight is 273 g/mol. The Kier molecular flexibility index (Phi) is 4.40. The number of hydrogen-bond acceptors (Lipinski definition) is 2. The van der Waals surface area contributed by atoms with Gasteiger partial charge in [0.25, 0.3) is 0 Å². The molecular weight excluding hydrogens is 253 g/mol. The van der Waals surface area contributed by atoms with Crippen LogP contribution in [0.25, 0.3) is 0 Å². The summed E-state index contributed by atoms with van der Waals surface area (Å²) in [5.74, 6) is 0.549. The minimum atomic E-state index is -0.466. The fraction of sp³-hybridized carbons (Fsp3) is 0.294. The van der Waals surface area contributed by atoms with E-state index < -0.39 is 6.04 Å². The van der Waals surface area contributed by atoms with Crippen molar-refractivity contribution in [2.24, 2.45) is 5.73 Å². The Balaban J connectivity index is 2.33. The molecule has 0 bridgehead atoms. The molecule has 0 spiro atoms. The van der Waals surface area contributed by atoms with Crippen LogP contribution in [0.15, 0.2) is 36.4 Å². The summed E-state index contributed by atoms with van der Waals surface area (Å²) in [7, 11) is 0. The van der Waals surface area contributed by atoms with Gasteiger partial charge >= 0.3 is 0 Å². The van der Waals surface area contributed by atoms with Crippen LogP contribution in [-0.2, 0) is 0 Å². The summed E-state index contributed by atoms with van der Waals surface area (Å²) in [6.45, 7) is 6.32. The molecule has 0 aliphatic rings. The summed E-state index contributed by atoms with van der Waals surface area (Å²) in [5, 5.41) is 0. The molecule has 0 saturated heterocycles. The van der Waals surface area contributed by atoms with Crippen molar-refractivity contribution in [3.63, 3.8) is 0 Å². The van der Waals surface area contributed by atoms with E-state index in [1.807, 2.05) is 51.1 Å². The van der Waals surface area contributed by atoms with Gasteiger partial charge in [0.15, 0.2) is 0 Å². The van der Waals surface area contributed by atoms with Gasteiger partial charge in [-0.1, -0.05) is 18.2 Å². The van der Waals surface area contributed by atoms with Crippen molar-refractivity contribution in [3.05, 3.63) is 64.5 Å². The van der Waals surface area contributed by atoms with Gasteiger partial charge in [0, 0.05) is 5.56 Å². The molecule has 2 aromatic rings. The van der Waals surface area contributed by atoms with Crippen LogP contribution in [-0.4, -0.2) is 6.61 Å². The highest BCUT2D eigenvalue weighted by molar-refractivity contribution is 5.41. The van der Waals surface area contributed by atoms with Gasteiger partial charge < -0.3 is 10.5 Å². The normalized spacial score (nSPS) is 12.2. The molecular formula is C17H20FNO. The fourth-order valence-corrected chi connectivity index (χ4v) is 2.43. The lowest BCUT2D eigenvalue weighted by molar-refractivity contribution is 0.340. The van der Waals surface area contributed by atoms with Gasteiger partial charge in [-0.2, -0.15) is 0 Å². The summed E-state index contributed by atoms with van der Waals surface area (Å²) in [6.07, 6.45) is 0. The first-order valence-corrected chi connectivity index (χ1v) is 6.78. The molecule has 0 radical (unpaired) electrons. The maximum Gasteiger partial charge on any atom is 0.128 e. The van der Waals surface area contributed by atoms with E-state index in [4.69, 9.17) is 10.5 Å². The van der Waals surface area contributed by atoms with E-state index in [1.54, 1.807) is 0 Å². The zero-order valence-corrected chi connectivity index (χ0v) is 12.1. The van der Waals surface area contributed by atoms with Crippen molar-refractivity contribution in [1.82, 2.24) is 0 Å². The SMILES string of the molecule is CCOc1ccc(C(N)c2c(C)cc(C)cc2F)cc1. The maximum atomic E-state index is 14.1. The van der Waals surface area contributed by atoms with Crippen LogP contribution in [0.4, 0.5) is 4.39 Å². The maximum absolute atomic E-state index is 14.1. The second-order valence-electron chi connectivity index (χ2n) is 4.96. The third-order valence-electron chi connectivity index (χ3n) is 3.34. The van der Waals surface area contributed by atoms with Crippen LogP contribution < -0.4 is 10.5 Å². The van der Waals surface area contributed by atoms with Gasteiger partial charge in [0.2, 0.25) is 0 Å². The summed E-state index contributed by atoms with van der Waals surface area (Å²) >= 11 is 0. The molecule has 0 heterocycles. The number of halogens is 1. The van der Waals surface area contributed by atoms with Crippen molar-refractivity contribution in [2.75, 3.05) is 6.61 Å². The van der Waals surface area contributed by atoms with Crippen LogP contribution in [0.1, 0.15) is 35.2 Å². The molecule has 2 aromatic carbocycles. The van der Waals surface area contributed by atoms with E-state index in [9.17, 15) is 4.39 Å². The first kappa shape index (κ1) is 14.5. The second-order valence-corrected chi connectivity index (χ2v) is 4.96. The van der Waals surface area contributed by atoms with Crippen molar-refractivity contribution in [3.8, 4) is 5.75 Å². The topological polar surface area (TPSA) is 35.2 Å². The Hall–Kier alpha value is -1.87. The molecule has 0 aliphatic heterocycles. The molecule has 0 fully saturated rings. The second kappa shape index (κ2) is 6.06. The van der Waals surface area contributed by atoms with Crippen LogP contribution in [0.2, 0.25) is 0 Å². The lowest BCUT2D eigenvalue weighted by Gasteiger charge is -2.17. The van der Waals surface area contributed by atoms with Gasteiger partial charge in [-0.15, -0.1) is 0 Å². The Morgan fingerprint density at radius 3 is 2.35 bits per heavy atom. The molecule has 2 nitrogen and oxygen atoms in total. The third-order valence-corrected chi connectivity index (χ3v) is 3.34. The minimum absolute atomic E-state index is 0.246. The van der Waals surface area contributed by atoms with Gasteiger partial charge in [-0.05, 0) is 55.7 Å². The first-order chi connectivity index (χ1) is 9.52. The number of aryl methyl sites for hydroxylation is 2. The highest BCUT2D eigenvalue weighted by atomic mass is 19.1. The van der Waals surface area contributed by atoms with E-state index in [0.717, 1.165) is 22.4 Å². The van der Waals surface area contributed by atoms with E-state index in [2.05, 4.69) is 0 Å². The fourth-order valence-electron chi connectivity index (χ4n) is 2.43. The predicted octanol–water partition coefficient (Wildman–Crippen LogP) is 3.89. The lowest BCUT2D eigenvalue weighted by atomic mass is 9.94. The molecule has 1 atom stereocenters. The van der Waals surface area contributed by atoms with Gasteiger partial charge in [0.1, 0.15) is 11.6 Å². The smallest absolute Gasteiger partial charge is 0.128 e. The molecule has 0 aliphatic carbocycles. The van der Waals surface area contributed by atoms with E-state index in [-0.39, 0.29) is 5.82 Å². The summed E-state index contributed by atoms with van der Waals surface area (Å²) in [6, 6.07) is 10.5. The lowest BCUT2D eigenvalue weighted by Crippen LogP contribution is -2.15. The van der Waals surface area contributed by atoms with Crippen LogP contribution >= 0.6 is 0 Å². The van der Waals surface area contributed by atoms with Crippen LogP contribution in [0, 0.1) is 19.7 Å². The highest BCUT2D eigenvalue weighted by Crippen LogP contribution is 2.27. The number of nitrogens with two attached hydrogens (primary N) is 1. The Labute approximate surface area is 119 Å². The number of hydrogen-bond donors (Lipinski definition) is 1. The summed E-state index contributed by atoms with van der Waals surface area (Å²) in [5.41, 5.74) is 9.42. The Morgan fingerprint density at radius 1 is 1.15 bits per heavy atom. The van der Waals surface area contributed by atoms with Gasteiger partial charge in [-0.3, -0.25) is 0 Å². The molecule has 1 unspecified atom stereocenters. The van der Waals surface area contributed by atoms with Crippen molar-refractivity contribution in [1.29, 1.82) is 0 Å². The van der Waals surface area contributed by atoms with Gasteiger partial charge in [-0.25, -0.2) is 4.39 Å². The van der Waals surface area contributed by atoms with Crippen molar-refractivity contribution in [2.45, 2.75) is 26.8 Å². The number of ether oxygens (including phenoxy) is 1. The molecule has 106 valence electrons. The van der Waals surface area contributed by atoms with E-state index in [0.29, 0.717) is 12.2 Å². The molecule has 0 amide bonds. The number of rotatable bonds is 4. The Bertz CT molecular complexity index is 569. The van der Waals surface area contributed by atoms with Crippen molar-refractivity contribution >= 4 is 0 Å². The van der Waals surface area contributed by atoms with Crippen molar-refractivity contribution < 1.29 is 9.13 Å². The van der Waals surface area contributed by atoms with E-state index >= 15 is 0 Å². The Morgan fingerprint density at radius 2 is 1.80 bits per heavy atom. The third kappa shape index (κ3) is 2.99.